The van der Waals surface area contributed by atoms with Crippen molar-refractivity contribution in [3.8, 4) is 0 Å². The first-order valence-electron chi connectivity index (χ1n) is 6.24. The third kappa shape index (κ3) is 2.79. The lowest BCUT2D eigenvalue weighted by atomic mass is 10.2. The minimum atomic E-state index is 0.522. The first-order valence-corrected chi connectivity index (χ1v) is 7.12. The fourth-order valence-corrected chi connectivity index (χ4v) is 2.81. The Morgan fingerprint density at radius 3 is 2.83 bits per heavy atom. The molecular weight excluding hydrogens is 244 g/mol. The maximum Gasteiger partial charge on any atom is 0.138 e. The van der Waals surface area contributed by atoms with Gasteiger partial charge in [-0.2, -0.15) is 0 Å². The van der Waals surface area contributed by atoms with Crippen LogP contribution in [-0.2, 0) is 0 Å². The van der Waals surface area contributed by atoms with Crippen molar-refractivity contribution in [1.29, 1.82) is 0 Å². The van der Waals surface area contributed by atoms with Gasteiger partial charge >= 0.3 is 0 Å². The number of aryl methyl sites for hydroxylation is 1. The smallest absolute Gasteiger partial charge is 0.138 e. The Balaban J connectivity index is 2.18. The van der Waals surface area contributed by atoms with Gasteiger partial charge in [0.2, 0.25) is 0 Å². The van der Waals surface area contributed by atoms with E-state index in [1.807, 2.05) is 6.92 Å². The Hall–Kier alpha value is -1.20. The molecule has 0 fully saturated rings. The molecule has 1 N–H and O–H groups in total. The van der Waals surface area contributed by atoms with E-state index in [0.717, 1.165) is 34.8 Å². The van der Waals surface area contributed by atoms with Crippen molar-refractivity contribution in [2.24, 2.45) is 0 Å². The zero-order valence-corrected chi connectivity index (χ0v) is 12.2. The number of rotatable bonds is 5. The summed E-state index contributed by atoms with van der Waals surface area (Å²) in [6, 6.07) is 2.60. The Kier molecular flexibility index (Phi) is 4.14. The second kappa shape index (κ2) is 5.63. The monoisotopic (exact) mass is 264 g/mol. The molecule has 0 bridgehead atoms. The summed E-state index contributed by atoms with van der Waals surface area (Å²) in [6.45, 7) is 5.05. The van der Waals surface area contributed by atoms with Gasteiger partial charge in [-0.3, -0.25) is 0 Å². The number of anilines is 1. The van der Waals surface area contributed by atoms with Crippen LogP contribution in [0.3, 0.4) is 0 Å². The van der Waals surface area contributed by atoms with Crippen LogP contribution in [0.4, 0.5) is 5.82 Å². The van der Waals surface area contributed by atoms with Crippen LogP contribution in [-0.4, -0.2) is 41.5 Å². The number of nitrogens with zero attached hydrogens (tertiary/aromatic N) is 3. The van der Waals surface area contributed by atoms with Crippen LogP contribution in [0.1, 0.15) is 19.2 Å². The van der Waals surface area contributed by atoms with E-state index in [0.29, 0.717) is 6.04 Å². The van der Waals surface area contributed by atoms with E-state index in [4.69, 9.17) is 0 Å². The van der Waals surface area contributed by atoms with Gasteiger partial charge in [0.1, 0.15) is 16.5 Å². The zero-order valence-electron chi connectivity index (χ0n) is 11.4. The van der Waals surface area contributed by atoms with Crippen LogP contribution in [0.15, 0.2) is 11.4 Å². The van der Waals surface area contributed by atoms with Gasteiger partial charge in [0.25, 0.3) is 0 Å². The molecule has 0 aliphatic carbocycles. The molecule has 0 spiro atoms. The summed E-state index contributed by atoms with van der Waals surface area (Å²) in [5.74, 6) is 1.78. The molecule has 0 saturated carbocycles. The molecule has 2 heterocycles. The Morgan fingerprint density at radius 2 is 2.17 bits per heavy atom. The second-order valence-corrected chi connectivity index (χ2v) is 5.56. The van der Waals surface area contributed by atoms with Gasteiger partial charge < -0.3 is 10.2 Å². The molecule has 2 rings (SSSR count). The van der Waals surface area contributed by atoms with Crippen LogP contribution in [0.2, 0.25) is 0 Å². The molecular formula is C13H20N4S. The van der Waals surface area contributed by atoms with Crippen LogP contribution < -0.4 is 5.32 Å². The Labute approximate surface area is 112 Å². The van der Waals surface area contributed by atoms with Gasteiger partial charge in [0, 0.05) is 12.6 Å². The van der Waals surface area contributed by atoms with Crippen LogP contribution in [0.25, 0.3) is 10.2 Å². The van der Waals surface area contributed by atoms with Crippen molar-refractivity contribution in [3.05, 3.63) is 17.3 Å². The van der Waals surface area contributed by atoms with Gasteiger partial charge in [0.05, 0.1) is 5.39 Å². The summed E-state index contributed by atoms with van der Waals surface area (Å²) in [5, 5.41) is 6.65. The number of aromatic nitrogens is 2. The first kappa shape index (κ1) is 13.2. The van der Waals surface area contributed by atoms with Gasteiger partial charge in [-0.05, 0) is 38.9 Å². The molecule has 5 heteroatoms. The van der Waals surface area contributed by atoms with Crippen LogP contribution in [0.5, 0.6) is 0 Å². The van der Waals surface area contributed by atoms with Gasteiger partial charge in [-0.25, -0.2) is 9.97 Å². The summed E-state index contributed by atoms with van der Waals surface area (Å²) in [4.78, 5) is 12.2. The number of hydrogen-bond acceptors (Lipinski definition) is 5. The van der Waals surface area contributed by atoms with Crippen molar-refractivity contribution in [3.63, 3.8) is 0 Å². The molecule has 1 atom stereocenters. The fourth-order valence-electron chi connectivity index (χ4n) is 2.00. The quantitative estimate of drug-likeness (QED) is 0.901. The molecule has 0 aliphatic rings. The van der Waals surface area contributed by atoms with Gasteiger partial charge in [-0.1, -0.05) is 6.92 Å². The van der Waals surface area contributed by atoms with Crippen LogP contribution >= 0.6 is 11.3 Å². The van der Waals surface area contributed by atoms with E-state index < -0.39 is 0 Å². The molecule has 2 aromatic rings. The van der Waals surface area contributed by atoms with Gasteiger partial charge in [0.15, 0.2) is 0 Å². The highest BCUT2D eigenvalue weighted by atomic mass is 32.1. The van der Waals surface area contributed by atoms with E-state index in [9.17, 15) is 0 Å². The summed E-state index contributed by atoms with van der Waals surface area (Å²) >= 11 is 1.66. The maximum absolute atomic E-state index is 4.51. The molecule has 4 nitrogen and oxygen atoms in total. The third-order valence-electron chi connectivity index (χ3n) is 3.14. The van der Waals surface area contributed by atoms with E-state index in [1.165, 1.54) is 0 Å². The lowest BCUT2D eigenvalue weighted by Gasteiger charge is -2.23. The molecule has 0 amide bonds. The molecule has 0 saturated heterocycles. The largest absolute Gasteiger partial charge is 0.368 e. The lowest BCUT2D eigenvalue weighted by molar-refractivity contribution is 0.298. The highest BCUT2D eigenvalue weighted by molar-refractivity contribution is 7.16. The van der Waals surface area contributed by atoms with Gasteiger partial charge in [-0.15, -0.1) is 11.3 Å². The van der Waals surface area contributed by atoms with Crippen molar-refractivity contribution in [1.82, 2.24) is 14.9 Å². The van der Waals surface area contributed by atoms with E-state index in [1.54, 1.807) is 11.3 Å². The lowest BCUT2D eigenvalue weighted by Crippen LogP contribution is -2.34. The molecule has 0 aliphatic heterocycles. The minimum Gasteiger partial charge on any atom is -0.368 e. The Morgan fingerprint density at radius 1 is 1.39 bits per heavy atom. The summed E-state index contributed by atoms with van der Waals surface area (Å²) in [7, 11) is 4.22. The standard InChI is InChI=1S/C13H20N4S/c1-5-10(17(3)4)8-14-12-11-6-7-18-13(11)16-9(2)15-12/h6-7,10H,5,8H2,1-4H3,(H,14,15,16)/t10-/m1/s1. The van der Waals surface area contributed by atoms with Crippen molar-refractivity contribution in [2.45, 2.75) is 26.3 Å². The number of likely N-dealkylation sites (N-methyl/N-ethyl adjacent to an activating group) is 1. The summed E-state index contributed by atoms with van der Waals surface area (Å²) in [6.07, 6.45) is 1.12. The molecule has 0 aromatic carbocycles. The molecule has 0 unspecified atom stereocenters. The third-order valence-corrected chi connectivity index (χ3v) is 3.95. The fraction of sp³-hybridized carbons (Fsp3) is 0.538. The van der Waals surface area contributed by atoms with Crippen molar-refractivity contribution >= 4 is 27.4 Å². The first-order chi connectivity index (χ1) is 8.61. The molecule has 18 heavy (non-hydrogen) atoms. The second-order valence-electron chi connectivity index (χ2n) is 4.67. The van der Waals surface area contributed by atoms with Crippen LogP contribution in [0, 0.1) is 6.92 Å². The number of nitrogens with one attached hydrogen (secondary N) is 1. The molecule has 0 radical (unpaired) electrons. The van der Waals surface area contributed by atoms with E-state index in [-0.39, 0.29) is 0 Å². The molecule has 98 valence electrons. The number of hydrogen-bond donors (Lipinski definition) is 1. The van der Waals surface area contributed by atoms with E-state index >= 15 is 0 Å². The normalized spacial score (nSPS) is 13.2. The predicted molar refractivity (Wildman–Crippen MR) is 78.4 cm³/mol. The maximum atomic E-state index is 4.51. The van der Waals surface area contributed by atoms with E-state index in [2.05, 4.69) is 52.7 Å². The zero-order chi connectivity index (χ0) is 13.1. The van der Waals surface area contributed by atoms with Crippen molar-refractivity contribution < 1.29 is 0 Å². The minimum absolute atomic E-state index is 0.522. The highest BCUT2D eigenvalue weighted by Gasteiger charge is 2.11. The molecule has 2 aromatic heterocycles. The Bertz CT molecular complexity index is 521. The highest BCUT2D eigenvalue weighted by Crippen LogP contribution is 2.24. The predicted octanol–water partition coefficient (Wildman–Crippen LogP) is 2.75. The average molecular weight is 264 g/mol. The number of fused-ring (bicyclic) bond motifs is 1. The summed E-state index contributed by atoms with van der Waals surface area (Å²) in [5.41, 5.74) is 0. The topological polar surface area (TPSA) is 41.1 Å². The summed E-state index contributed by atoms with van der Waals surface area (Å²) < 4.78 is 0. The van der Waals surface area contributed by atoms with Crippen molar-refractivity contribution in [2.75, 3.05) is 26.0 Å². The SMILES string of the molecule is CC[C@H](CNc1nc(C)nc2sccc12)N(C)C. The average Bonchev–Trinajstić information content (AvgIpc) is 2.77. The number of thiophene rings is 1.